The summed E-state index contributed by atoms with van der Waals surface area (Å²) in [6, 6.07) is 53.3. The number of anilines is 2. The quantitative estimate of drug-likeness (QED) is 0.170. The third-order valence-electron chi connectivity index (χ3n) is 13.5. The van der Waals surface area contributed by atoms with Gasteiger partial charge in [-0.3, -0.25) is 0 Å². The maximum atomic E-state index is 4.29. The molecule has 3 aliphatic rings. The molecule has 2 heteroatoms. The first-order valence-corrected chi connectivity index (χ1v) is 22.4. The fourth-order valence-corrected chi connectivity index (χ4v) is 13.2. The number of benzene rings is 7. The minimum atomic E-state index is -0.822. The maximum absolute atomic E-state index is 4.29. The van der Waals surface area contributed by atoms with Gasteiger partial charge >= 0.3 is 0 Å². The summed E-state index contributed by atoms with van der Waals surface area (Å²) in [4.78, 5) is 4.26. The highest BCUT2D eigenvalue weighted by Crippen LogP contribution is 2.66. The monoisotopic (exact) mass is 773 g/mol. The van der Waals surface area contributed by atoms with Gasteiger partial charge in [-0.1, -0.05) is 184 Å². The van der Waals surface area contributed by atoms with E-state index in [9.17, 15) is 0 Å². The lowest BCUT2D eigenvalue weighted by Gasteiger charge is -2.31. The molecule has 7 aromatic rings. The lowest BCUT2D eigenvalue weighted by Crippen LogP contribution is -2.21. The van der Waals surface area contributed by atoms with E-state index in [1.54, 1.807) is 0 Å². The van der Waals surface area contributed by atoms with E-state index in [4.69, 9.17) is 0 Å². The topological polar surface area (TPSA) is 12.0 Å². The lowest BCUT2D eigenvalue weighted by atomic mass is 9.74. The summed E-state index contributed by atoms with van der Waals surface area (Å²) in [7, 11) is -0.822. The molecule has 290 valence electrons. The molecule has 0 bridgehead atoms. The summed E-state index contributed by atoms with van der Waals surface area (Å²) in [5.41, 5.74) is 21.3. The fourth-order valence-electron chi connectivity index (χ4n) is 10.5. The van der Waals surface area contributed by atoms with Gasteiger partial charge in [-0.15, -0.1) is 0 Å². The number of thiol groups is 1. The van der Waals surface area contributed by atoms with E-state index >= 15 is 0 Å². The van der Waals surface area contributed by atoms with Crippen LogP contribution < -0.4 is 5.32 Å². The highest BCUT2D eigenvalue weighted by atomic mass is 32.2. The minimum Gasteiger partial charge on any atom is -0.354 e. The van der Waals surface area contributed by atoms with E-state index < -0.39 is 10.9 Å². The van der Waals surface area contributed by atoms with Gasteiger partial charge in [-0.25, -0.2) is 0 Å². The van der Waals surface area contributed by atoms with E-state index in [0.29, 0.717) is 0 Å². The van der Waals surface area contributed by atoms with Crippen LogP contribution in [0.1, 0.15) is 103 Å². The summed E-state index contributed by atoms with van der Waals surface area (Å²) >= 11 is 0. The molecule has 58 heavy (non-hydrogen) atoms. The van der Waals surface area contributed by atoms with Crippen molar-refractivity contribution in [2.45, 2.75) is 106 Å². The number of hydrogen-bond acceptors (Lipinski definition) is 1. The Kier molecular flexibility index (Phi) is 8.03. The second-order valence-electron chi connectivity index (χ2n) is 19.9. The molecule has 0 spiro atoms. The number of rotatable bonds is 4. The van der Waals surface area contributed by atoms with Crippen molar-refractivity contribution in [1.29, 1.82) is 0 Å². The van der Waals surface area contributed by atoms with Crippen molar-refractivity contribution in [1.82, 2.24) is 0 Å². The molecule has 0 atom stereocenters. The second-order valence-corrected chi connectivity index (χ2v) is 22.0. The SMILES string of the molecule is CC(C)(C)c1cc(C(C)(C)C)c2c(c1)C(C)(C)c1cccc(-c3ccccc3Nc3c([SH]4c5ccccc5-c5ccccc54)ccc4c3C(C)(C)c3ccccc3-4)c1-2. The Hall–Kier alpha value is -5.31. The Bertz CT molecular complexity index is 2790. The third-order valence-corrected chi connectivity index (χ3v) is 16.1. The average Bonchev–Trinajstić information content (AvgIpc) is 3.74. The molecule has 1 heterocycles. The van der Waals surface area contributed by atoms with Crippen molar-refractivity contribution in [3.05, 3.63) is 173 Å². The summed E-state index contributed by atoms with van der Waals surface area (Å²) in [5, 5.41) is 4.29. The second kappa shape index (κ2) is 12.6. The van der Waals surface area contributed by atoms with Crippen LogP contribution in [-0.4, -0.2) is 0 Å². The largest absolute Gasteiger partial charge is 0.354 e. The predicted molar refractivity (Wildman–Crippen MR) is 250 cm³/mol. The van der Waals surface area contributed by atoms with Crippen LogP contribution in [-0.2, 0) is 21.7 Å². The first-order valence-electron chi connectivity index (χ1n) is 21.0. The zero-order valence-electron chi connectivity index (χ0n) is 35.7. The van der Waals surface area contributed by atoms with Gasteiger partial charge in [0.1, 0.15) is 0 Å². The average molecular weight is 774 g/mol. The summed E-state index contributed by atoms with van der Waals surface area (Å²) in [5.74, 6) is 0. The van der Waals surface area contributed by atoms with Crippen LogP contribution in [0.25, 0.3) is 44.5 Å². The Labute approximate surface area is 349 Å². The predicted octanol–water partition coefficient (Wildman–Crippen LogP) is 15.8. The first kappa shape index (κ1) is 37.0. The van der Waals surface area contributed by atoms with E-state index in [1.165, 1.54) is 98.3 Å². The van der Waals surface area contributed by atoms with Gasteiger partial charge in [0.2, 0.25) is 0 Å². The minimum absolute atomic E-state index is 0.0377. The summed E-state index contributed by atoms with van der Waals surface area (Å²) in [6.45, 7) is 23.9. The molecule has 0 saturated carbocycles. The molecule has 0 unspecified atom stereocenters. The molecule has 0 radical (unpaired) electrons. The van der Waals surface area contributed by atoms with E-state index in [0.717, 1.165) is 5.69 Å². The Morgan fingerprint density at radius 3 is 1.66 bits per heavy atom. The molecule has 1 aliphatic heterocycles. The maximum Gasteiger partial charge on any atom is 0.0559 e. The van der Waals surface area contributed by atoms with Gasteiger partial charge < -0.3 is 5.32 Å². The fraction of sp³-hybridized carbons (Fsp3) is 0.250. The van der Waals surface area contributed by atoms with Crippen LogP contribution in [0.4, 0.5) is 11.4 Å². The van der Waals surface area contributed by atoms with Crippen molar-refractivity contribution >= 4 is 22.3 Å². The third kappa shape index (κ3) is 5.30. The van der Waals surface area contributed by atoms with Gasteiger partial charge in [0, 0.05) is 36.8 Å². The van der Waals surface area contributed by atoms with Gasteiger partial charge in [0.15, 0.2) is 0 Å². The summed E-state index contributed by atoms with van der Waals surface area (Å²) in [6.07, 6.45) is 0. The Morgan fingerprint density at radius 1 is 0.431 bits per heavy atom. The Morgan fingerprint density at radius 2 is 1.00 bits per heavy atom. The van der Waals surface area contributed by atoms with Gasteiger partial charge in [-0.2, -0.15) is 10.9 Å². The Balaban J connectivity index is 1.22. The smallest absolute Gasteiger partial charge is 0.0559 e. The van der Waals surface area contributed by atoms with Crippen LogP contribution in [0.3, 0.4) is 0 Å². The molecule has 7 aromatic carbocycles. The number of hydrogen-bond donors (Lipinski definition) is 2. The van der Waals surface area contributed by atoms with Crippen molar-refractivity contribution < 1.29 is 0 Å². The van der Waals surface area contributed by atoms with E-state index in [2.05, 4.69) is 214 Å². The molecule has 0 fully saturated rings. The molecule has 1 nitrogen and oxygen atoms in total. The first-order chi connectivity index (χ1) is 27.6. The van der Waals surface area contributed by atoms with Crippen LogP contribution in [0.5, 0.6) is 0 Å². The molecular weight excluding hydrogens is 719 g/mol. The van der Waals surface area contributed by atoms with Crippen LogP contribution >= 0.6 is 10.9 Å². The van der Waals surface area contributed by atoms with Crippen LogP contribution in [0.2, 0.25) is 0 Å². The van der Waals surface area contributed by atoms with E-state index in [-0.39, 0.29) is 21.7 Å². The normalized spacial score (nSPS) is 15.9. The molecule has 10 rings (SSSR count). The van der Waals surface area contributed by atoms with Crippen molar-refractivity contribution in [2.24, 2.45) is 0 Å². The van der Waals surface area contributed by atoms with Gasteiger partial charge in [0.05, 0.1) is 5.69 Å². The molecule has 0 saturated heterocycles. The summed E-state index contributed by atoms with van der Waals surface area (Å²) < 4.78 is 0. The standard InChI is InChI=1S/C56H55NS/c1-53(2,3)34-32-43(54(4,5)6)50-44(33-34)55(7,8)42-26-19-24-39(49(42)50)36-21-12-16-27-45(36)57-52-48(31-30-40-35-20-11-15-25-41(35)56(9,10)51(40)52)58-46-28-17-13-22-37(46)38-23-14-18-29-47(38)58/h11-33,57-58H,1-10H3. The van der Waals surface area contributed by atoms with Gasteiger partial charge in [-0.05, 0) is 107 Å². The molecule has 1 N–H and O–H groups in total. The van der Waals surface area contributed by atoms with Crippen LogP contribution in [0, 0.1) is 0 Å². The van der Waals surface area contributed by atoms with Crippen molar-refractivity contribution in [2.75, 3.05) is 5.32 Å². The molecule has 0 amide bonds. The molecular formula is C56H55NS. The highest BCUT2D eigenvalue weighted by molar-refractivity contribution is 8.17. The van der Waals surface area contributed by atoms with Crippen molar-refractivity contribution in [3.8, 4) is 44.5 Å². The molecule has 0 aromatic heterocycles. The highest BCUT2D eigenvalue weighted by Gasteiger charge is 2.43. The van der Waals surface area contributed by atoms with Crippen molar-refractivity contribution in [3.63, 3.8) is 0 Å². The van der Waals surface area contributed by atoms with E-state index in [1.807, 2.05) is 0 Å². The zero-order valence-corrected chi connectivity index (χ0v) is 36.6. The van der Waals surface area contributed by atoms with Gasteiger partial charge in [0.25, 0.3) is 0 Å². The number of para-hydroxylation sites is 1. The number of fused-ring (bicyclic) bond motifs is 9. The zero-order chi connectivity index (χ0) is 40.5. The van der Waals surface area contributed by atoms with Crippen LogP contribution in [0.15, 0.2) is 154 Å². The molecule has 2 aliphatic carbocycles. The lowest BCUT2D eigenvalue weighted by molar-refractivity contribution is 0.564. The number of nitrogens with one attached hydrogen (secondary N) is 1.